The van der Waals surface area contributed by atoms with Crippen molar-refractivity contribution in [1.29, 1.82) is 0 Å². The average molecular weight is 406 g/mol. The van der Waals surface area contributed by atoms with Crippen molar-refractivity contribution >= 4 is 29.1 Å². The number of nitrogens with zero attached hydrogens (tertiary/aromatic N) is 3. The molecule has 0 aliphatic rings. The van der Waals surface area contributed by atoms with Gasteiger partial charge in [0, 0.05) is 27.9 Å². The number of halogens is 1. The van der Waals surface area contributed by atoms with Crippen molar-refractivity contribution in [2.75, 3.05) is 0 Å². The first kappa shape index (κ1) is 18.5. The van der Waals surface area contributed by atoms with E-state index in [0.29, 0.717) is 10.6 Å². The molecule has 0 fully saturated rings. The highest BCUT2D eigenvalue weighted by atomic mass is 35.5. The van der Waals surface area contributed by atoms with Crippen LogP contribution in [0.1, 0.15) is 17.3 Å². The Kier molecular flexibility index (Phi) is 5.28. The molecule has 0 radical (unpaired) electrons. The molecule has 0 aliphatic heterocycles. The molecule has 4 nitrogen and oxygen atoms in total. The van der Waals surface area contributed by atoms with Crippen LogP contribution in [0.2, 0.25) is 5.02 Å². The van der Waals surface area contributed by atoms with E-state index in [9.17, 15) is 4.79 Å². The quantitative estimate of drug-likeness (QED) is 0.385. The van der Waals surface area contributed by atoms with Crippen molar-refractivity contribution in [3.63, 3.8) is 0 Å². The fourth-order valence-electron chi connectivity index (χ4n) is 2.70. The van der Waals surface area contributed by atoms with Crippen LogP contribution < -0.4 is 0 Å². The molecule has 0 amide bonds. The van der Waals surface area contributed by atoms with Crippen molar-refractivity contribution < 1.29 is 4.79 Å². The zero-order valence-electron chi connectivity index (χ0n) is 15.0. The lowest BCUT2D eigenvalue weighted by Gasteiger charge is -2.03. The molecule has 0 saturated heterocycles. The zero-order chi connectivity index (χ0) is 19.5. The number of hydrogen-bond donors (Lipinski definition) is 0. The molecule has 0 unspecified atom stereocenters. The van der Waals surface area contributed by atoms with Gasteiger partial charge in [-0.15, -0.1) is 0 Å². The minimum absolute atomic E-state index is 0.00960. The largest absolute Gasteiger partial charge is 0.294 e. The summed E-state index contributed by atoms with van der Waals surface area (Å²) in [6, 6.07) is 21.2. The van der Waals surface area contributed by atoms with Gasteiger partial charge in [0.25, 0.3) is 0 Å². The number of pyridine rings is 1. The molecule has 0 spiro atoms. The van der Waals surface area contributed by atoms with Gasteiger partial charge in [0.1, 0.15) is 5.69 Å². The van der Waals surface area contributed by atoms with Crippen LogP contribution in [0.4, 0.5) is 0 Å². The maximum atomic E-state index is 11.5. The van der Waals surface area contributed by atoms with Crippen LogP contribution >= 0.6 is 23.4 Å². The first-order chi connectivity index (χ1) is 13.6. The summed E-state index contributed by atoms with van der Waals surface area (Å²) in [5.74, 6) is -0.00960. The zero-order valence-corrected chi connectivity index (χ0v) is 16.6. The van der Waals surface area contributed by atoms with E-state index in [4.69, 9.17) is 16.7 Å². The van der Waals surface area contributed by atoms with Crippen molar-refractivity contribution in [3.05, 3.63) is 89.7 Å². The van der Waals surface area contributed by atoms with Crippen LogP contribution in [-0.2, 0) is 0 Å². The molecule has 2 aromatic carbocycles. The van der Waals surface area contributed by atoms with Gasteiger partial charge < -0.3 is 0 Å². The third-order valence-corrected chi connectivity index (χ3v) is 5.43. The third-order valence-electron chi connectivity index (χ3n) is 4.16. The summed E-state index contributed by atoms with van der Waals surface area (Å²) in [6.45, 7) is 1.53. The number of para-hydroxylation sites is 1. The number of Topliss-reactive ketones (excluding diaryl/α,β-unsaturated/α-hetero) is 1. The second-order valence-electron chi connectivity index (χ2n) is 6.17. The van der Waals surface area contributed by atoms with Crippen molar-refractivity contribution in [2.24, 2.45) is 0 Å². The summed E-state index contributed by atoms with van der Waals surface area (Å²) < 4.78 is 1.84. The lowest BCUT2D eigenvalue weighted by atomic mass is 10.2. The predicted molar refractivity (Wildman–Crippen MR) is 112 cm³/mol. The third kappa shape index (κ3) is 4.01. The summed E-state index contributed by atoms with van der Waals surface area (Å²) >= 11 is 7.60. The Hall–Kier alpha value is -2.89. The van der Waals surface area contributed by atoms with Gasteiger partial charge in [0.05, 0.1) is 16.3 Å². The van der Waals surface area contributed by atoms with Gasteiger partial charge in [-0.25, -0.2) is 4.68 Å². The van der Waals surface area contributed by atoms with Gasteiger partial charge in [-0.2, -0.15) is 5.10 Å². The number of hydrogen-bond acceptors (Lipinski definition) is 4. The fourth-order valence-corrected chi connectivity index (χ4v) is 3.74. The van der Waals surface area contributed by atoms with E-state index in [1.165, 1.54) is 6.92 Å². The molecule has 0 N–H and O–H groups in total. The minimum atomic E-state index is -0.00960. The van der Waals surface area contributed by atoms with Crippen molar-refractivity contribution in [3.8, 4) is 17.1 Å². The van der Waals surface area contributed by atoms with Crippen LogP contribution in [0.3, 0.4) is 0 Å². The molecular weight excluding hydrogens is 390 g/mol. The molecule has 2 aromatic heterocycles. The molecule has 0 saturated carbocycles. The maximum Gasteiger partial charge on any atom is 0.161 e. The lowest BCUT2D eigenvalue weighted by molar-refractivity contribution is 0.101. The second-order valence-corrected chi connectivity index (χ2v) is 7.72. The summed E-state index contributed by atoms with van der Waals surface area (Å²) in [6.07, 6.45) is 3.58. The summed E-state index contributed by atoms with van der Waals surface area (Å²) in [7, 11) is 0. The molecule has 4 rings (SSSR count). The number of aromatic nitrogens is 3. The number of carbonyl (C=O) groups is 1. The van der Waals surface area contributed by atoms with Crippen LogP contribution in [0.25, 0.3) is 17.1 Å². The van der Waals surface area contributed by atoms with Crippen LogP contribution in [-0.4, -0.2) is 20.5 Å². The van der Waals surface area contributed by atoms with Crippen LogP contribution in [0.15, 0.2) is 88.9 Å². The normalized spacial score (nSPS) is 10.8. The Morgan fingerprint density at radius 1 is 1.00 bits per heavy atom. The molecular formula is C22H16ClN3OS. The van der Waals surface area contributed by atoms with Gasteiger partial charge in [-0.3, -0.25) is 9.78 Å². The fraction of sp³-hybridized carbons (Fsp3) is 0.0455. The first-order valence-corrected chi connectivity index (χ1v) is 9.85. The number of carbonyl (C=O) groups excluding carboxylic acids is 1. The van der Waals surface area contributed by atoms with Crippen LogP contribution in [0.5, 0.6) is 0 Å². The molecule has 28 heavy (non-hydrogen) atoms. The van der Waals surface area contributed by atoms with E-state index in [-0.39, 0.29) is 5.78 Å². The van der Waals surface area contributed by atoms with E-state index >= 15 is 0 Å². The Labute approximate surface area is 172 Å². The highest BCUT2D eigenvalue weighted by Crippen LogP contribution is 2.35. The maximum absolute atomic E-state index is 11.5. The van der Waals surface area contributed by atoms with E-state index in [2.05, 4.69) is 4.98 Å². The molecule has 2 heterocycles. The van der Waals surface area contributed by atoms with Crippen molar-refractivity contribution in [2.45, 2.75) is 16.7 Å². The average Bonchev–Trinajstić information content (AvgIpc) is 3.14. The molecule has 6 heteroatoms. The topological polar surface area (TPSA) is 47.8 Å². The minimum Gasteiger partial charge on any atom is -0.294 e. The Bertz CT molecular complexity index is 1110. The lowest BCUT2D eigenvalue weighted by Crippen LogP contribution is -1.96. The number of benzene rings is 2. The number of rotatable bonds is 5. The Morgan fingerprint density at radius 3 is 2.39 bits per heavy atom. The van der Waals surface area contributed by atoms with E-state index in [0.717, 1.165) is 26.9 Å². The second kappa shape index (κ2) is 8.00. The van der Waals surface area contributed by atoms with E-state index in [1.54, 1.807) is 24.0 Å². The van der Waals surface area contributed by atoms with Gasteiger partial charge in [0.15, 0.2) is 5.78 Å². The summed E-state index contributed by atoms with van der Waals surface area (Å²) in [4.78, 5) is 18.0. The molecule has 0 atom stereocenters. The molecule has 138 valence electrons. The predicted octanol–water partition coefficient (Wildman–Crippen LogP) is 5.94. The first-order valence-electron chi connectivity index (χ1n) is 8.66. The van der Waals surface area contributed by atoms with E-state index in [1.807, 2.05) is 71.5 Å². The highest BCUT2D eigenvalue weighted by molar-refractivity contribution is 7.99. The molecule has 0 bridgehead atoms. The van der Waals surface area contributed by atoms with Crippen molar-refractivity contribution in [1.82, 2.24) is 14.8 Å². The van der Waals surface area contributed by atoms with Gasteiger partial charge in [-0.1, -0.05) is 41.6 Å². The highest BCUT2D eigenvalue weighted by Gasteiger charge is 2.15. The Morgan fingerprint density at radius 2 is 1.75 bits per heavy atom. The van der Waals surface area contributed by atoms with Gasteiger partial charge >= 0.3 is 0 Å². The van der Waals surface area contributed by atoms with Gasteiger partial charge in [0.2, 0.25) is 0 Å². The van der Waals surface area contributed by atoms with E-state index < -0.39 is 0 Å². The van der Waals surface area contributed by atoms with Gasteiger partial charge in [-0.05, 0) is 55.5 Å². The van der Waals surface area contributed by atoms with Crippen LogP contribution in [0, 0.1) is 0 Å². The molecule has 0 aliphatic carbocycles. The standard InChI is InChI=1S/C22H16ClN3OS/c1-15(27)16-7-12-20(24-13-16)22-21(28-19-10-8-17(23)9-11-19)14-26(25-22)18-5-3-2-4-6-18/h2-14H,1H3. The Balaban J connectivity index is 1.77. The summed E-state index contributed by atoms with van der Waals surface area (Å²) in [5, 5.41) is 5.46. The smallest absolute Gasteiger partial charge is 0.161 e. The SMILES string of the molecule is CC(=O)c1ccc(-c2nn(-c3ccccc3)cc2Sc2ccc(Cl)cc2)nc1. The monoisotopic (exact) mass is 405 g/mol. The number of ketones is 1. The molecule has 4 aromatic rings. The summed E-state index contributed by atoms with van der Waals surface area (Å²) in [5.41, 5.74) is 3.03.